The van der Waals surface area contributed by atoms with Gasteiger partial charge in [0.1, 0.15) is 30.8 Å². The number of sulfonamides is 1. The number of ether oxygens (including phenoxy) is 3. The number of unbranched alkanes of at least 4 members (excludes halogenated alkanes) is 6. The van der Waals surface area contributed by atoms with Crippen LogP contribution in [0.5, 0.6) is 11.5 Å². The van der Waals surface area contributed by atoms with Crippen molar-refractivity contribution in [2.75, 3.05) is 49.0 Å². The molecule has 1 aliphatic rings. The van der Waals surface area contributed by atoms with Crippen LogP contribution in [-0.4, -0.2) is 72.8 Å². The van der Waals surface area contributed by atoms with Gasteiger partial charge in [-0.2, -0.15) is 0 Å². The minimum Gasteiger partial charge on any atom is -0.487 e. The van der Waals surface area contributed by atoms with Crippen molar-refractivity contribution in [2.24, 2.45) is 0 Å². The molecule has 5 aromatic carbocycles. The predicted molar refractivity (Wildman–Crippen MR) is 289 cm³/mol. The second-order valence-corrected chi connectivity index (χ2v) is 26.9. The Morgan fingerprint density at radius 3 is 1.96 bits per heavy atom. The monoisotopic (exact) mass is 1010 g/mol. The fourth-order valence-corrected chi connectivity index (χ4v) is 10.3. The Morgan fingerprint density at radius 2 is 1.33 bits per heavy atom. The van der Waals surface area contributed by atoms with E-state index in [0.717, 1.165) is 85.9 Å². The molecular formula is C56H75ClN4O7SSi. The lowest BCUT2D eigenvalue weighted by Gasteiger charge is -2.39. The molecule has 0 aliphatic carbocycles. The van der Waals surface area contributed by atoms with E-state index in [1.54, 1.807) is 0 Å². The van der Waals surface area contributed by atoms with Gasteiger partial charge in [0.05, 0.1) is 28.8 Å². The van der Waals surface area contributed by atoms with Crippen LogP contribution in [0.4, 0.5) is 16.2 Å². The highest BCUT2D eigenvalue weighted by molar-refractivity contribution is 7.92. The lowest BCUT2D eigenvalue weighted by molar-refractivity contribution is 0.0584. The van der Waals surface area contributed by atoms with Gasteiger partial charge in [-0.3, -0.25) is 10.0 Å². The summed E-state index contributed by atoms with van der Waals surface area (Å²) in [5.74, 6) is 1.08. The Labute approximate surface area is 424 Å². The molecule has 1 amide bonds. The van der Waals surface area contributed by atoms with Gasteiger partial charge in [-0.05, 0) is 109 Å². The molecule has 0 aromatic heterocycles. The zero-order valence-electron chi connectivity index (χ0n) is 42.1. The molecule has 1 aliphatic heterocycles. The molecule has 70 heavy (non-hydrogen) atoms. The van der Waals surface area contributed by atoms with Crippen LogP contribution in [-0.2, 0) is 32.4 Å². The number of piperidine rings is 1. The molecule has 1 saturated heterocycles. The number of hydrogen-bond donors (Lipinski definition) is 3. The van der Waals surface area contributed by atoms with E-state index >= 15 is 0 Å². The van der Waals surface area contributed by atoms with Gasteiger partial charge in [0.2, 0.25) is 10.0 Å². The van der Waals surface area contributed by atoms with Gasteiger partial charge in [-0.15, -0.1) is 0 Å². The number of nitrogens with zero attached hydrogens (tertiary/aromatic N) is 1. The number of hydrogen-bond acceptors (Lipinski definition) is 9. The molecule has 14 heteroatoms. The molecule has 0 spiro atoms. The van der Waals surface area contributed by atoms with Crippen LogP contribution in [0, 0.1) is 0 Å². The molecule has 11 nitrogen and oxygen atoms in total. The summed E-state index contributed by atoms with van der Waals surface area (Å²) in [5.41, 5.74) is 5.76. The van der Waals surface area contributed by atoms with Gasteiger partial charge in [-0.1, -0.05) is 155 Å². The number of para-hydroxylation sites is 1. The van der Waals surface area contributed by atoms with Crippen molar-refractivity contribution in [3.05, 3.63) is 143 Å². The number of benzene rings is 5. The molecule has 1 atom stereocenters. The Bertz CT molecular complexity index is 2500. The van der Waals surface area contributed by atoms with Crippen LogP contribution in [0.3, 0.4) is 0 Å². The zero-order valence-corrected chi connectivity index (χ0v) is 44.7. The van der Waals surface area contributed by atoms with Crippen molar-refractivity contribution in [1.82, 2.24) is 10.2 Å². The van der Waals surface area contributed by atoms with E-state index in [1.165, 1.54) is 32.1 Å². The largest absolute Gasteiger partial charge is 0.487 e. The molecule has 0 radical (unpaired) electrons. The van der Waals surface area contributed by atoms with Crippen LogP contribution >= 0.6 is 11.6 Å². The van der Waals surface area contributed by atoms with Crippen LogP contribution in [0.25, 0.3) is 11.1 Å². The molecule has 3 N–H and O–H groups in total. The first-order valence-electron chi connectivity index (χ1n) is 25.0. The second kappa shape index (κ2) is 26.5. The number of carbonyl (C=O) groups excluding carboxylic acids is 1. The zero-order chi connectivity index (χ0) is 50.0. The van der Waals surface area contributed by atoms with Crippen molar-refractivity contribution in [3.8, 4) is 22.6 Å². The van der Waals surface area contributed by atoms with Gasteiger partial charge < -0.3 is 28.9 Å². The first kappa shape index (κ1) is 54.4. The van der Waals surface area contributed by atoms with Crippen molar-refractivity contribution in [1.29, 1.82) is 0 Å². The highest BCUT2D eigenvalue weighted by atomic mass is 35.5. The summed E-state index contributed by atoms with van der Waals surface area (Å²) in [4.78, 5) is 15.6. The maximum Gasteiger partial charge on any atom is 0.411 e. The lowest BCUT2D eigenvalue weighted by atomic mass is 10.0. The second-order valence-electron chi connectivity index (χ2n) is 20.0. The van der Waals surface area contributed by atoms with E-state index in [9.17, 15) is 13.2 Å². The summed E-state index contributed by atoms with van der Waals surface area (Å²) >= 11 is 6.64. The first-order chi connectivity index (χ1) is 33.5. The Morgan fingerprint density at radius 1 is 0.743 bits per heavy atom. The van der Waals surface area contributed by atoms with E-state index in [0.29, 0.717) is 47.7 Å². The Hall–Kier alpha value is -4.89. The topological polar surface area (TPSA) is 127 Å². The van der Waals surface area contributed by atoms with E-state index in [1.807, 2.05) is 121 Å². The average molecular weight is 1010 g/mol. The Kier molecular flexibility index (Phi) is 20.6. The smallest absolute Gasteiger partial charge is 0.411 e. The quantitative estimate of drug-likeness (QED) is 0.0366. The number of likely N-dealkylation sites (tertiary alicyclic amines) is 1. The van der Waals surface area contributed by atoms with Crippen LogP contribution in [0.15, 0.2) is 121 Å². The molecule has 0 unspecified atom stereocenters. The van der Waals surface area contributed by atoms with Gasteiger partial charge in [-0.25, -0.2) is 13.2 Å². The van der Waals surface area contributed by atoms with Gasteiger partial charge in [0.15, 0.2) is 8.32 Å². The predicted octanol–water partition coefficient (Wildman–Crippen LogP) is 13.6. The van der Waals surface area contributed by atoms with Crippen molar-refractivity contribution in [3.63, 3.8) is 0 Å². The summed E-state index contributed by atoms with van der Waals surface area (Å²) in [6.45, 7) is 16.4. The van der Waals surface area contributed by atoms with E-state index in [2.05, 4.69) is 54.1 Å². The van der Waals surface area contributed by atoms with Crippen LogP contribution in [0.2, 0.25) is 23.2 Å². The summed E-state index contributed by atoms with van der Waals surface area (Å²) < 4.78 is 52.5. The number of carbonyl (C=O) groups is 1. The number of rotatable bonds is 26. The van der Waals surface area contributed by atoms with E-state index < -0.39 is 24.4 Å². The van der Waals surface area contributed by atoms with Gasteiger partial charge in [0, 0.05) is 25.2 Å². The average Bonchev–Trinajstić information content (AvgIpc) is 3.32. The molecule has 1 heterocycles. The number of anilines is 2. The number of amides is 1. The minimum absolute atomic E-state index is 0.00479. The molecule has 0 saturated carbocycles. The highest BCUT2D eigenvalue weighted by Crippen LogP contribution is 2.41. The SMILES string of the molecule is CC(C)(C)[Si](C)(C)O[C@@H](CNCCCCCCCCCN1CCC(OC(=O)Nc2ccccc2-c2ccc(OCc3ccccc3)c(Cl)c2)CC1)c1ccc(OCc2ccccc2)c(NS(C)(=O)=O)c1. The maximum atomic E-state index is 13.1. The van der Waals surface area contributed by atoms with Crippen LogP contribution < -0.4 is 24.8 Å². The van der Waals surface area contributed by atoms with E-state index in [4.69, 9.17) is 30.2 Å². The van der Waals surface area contributed by atoms with Gasteiger partial charge >= 0.3 is 6.09 Å². The third-order valence-corrected chi connectivity index (χ3v) is 18.6. The van der Waals surface area contributed by atoms with Crippen molar-refractivity contribution < 1.29 is 31.8 Å². The summed E-state index contributed by atoms with van der Waals surface area (Å²) in [6.07, 6.45) is 10.3. The summed E-state index contributed by atoms with van der Waals surface area (Å²) in [6, 6.07) is 38.8. The number of nitrogens with one attached hydrogen (secondary N) is 3. The van der Waals surface area contributed by atoms with Crippen molar-refractivity contribution >= 4 is 47.4 Å². The summed E-state index contributed by atoms with van der Waals surface area (Å²) in [7, 11) is -5.73. The molecule has 5 aromatic rings. The normalized spacial score (nSPS) is 14.2. The maximum absolute atomic E-state index is 13.1. The fourth-order valence-electron chi connectivity index (χ4n) is 8.26. The van der Waals surface area contributed by atoms with Crippen molar-refractivity contribution in [2.45, 2.75) is 122 Å². The molecule has 378 valence electrons. The molecule has 6 rings (SSSR count). The van der Waals surface area contributed by atoms with Gasteiger partial charge in [0.25, 0.3) is 0 Å². The fraction of sp³-hybridized carbons (Fsp3) is 0.446. The van der Waals surface area contributed by atoms with E-state index in [-0.39, 0.29) is 17.2 Å². The third-order valence-electron chi connectivity index (χ3n) is 13.3. The minimum atomic E-state index is -3.55. The number of halogens is 1. The first-order valence-corrected chi connectivity index (χ1v) is 30.1. The molecule has 0 bridgehead atoms. The standard InChI is InChI=1S/C56H75ClN4O7SSi/c1-56(2,3)70(5,6)68-54(46-29-31-53(51(39-46)60-69(4,63)64)66-42-44-24-16-13-17-25-44)40-58-34-20-10-8-7-9-11-21-35-61-36-32-47(33-37-61)67-55(62)59-50-27-19-18-26-48(50)45-28-30-52(49(57)38-45)65-41-43-22-14-12-15-23-43/h12-19,22-31,38-39,47,54,58,60H,7-11,20-21,32-37,40-42H2,1-6H3,(H,59,62)/t54-/m0/s1. The third kappa shape index (κ3) is 17.7. The van der Waals surface area contributed by atoms with Crippen LogP contribution in [0.1, 0.15) is 101 Å². The summed E-state index contributed by atoms with van der Waals surface area (Å²) in [5, 5.41) is 7.15. The highest BCUT2D eigenvalue weighted by Gasteiger charge is 2.39. The lowest BCUT2D eigenvalue weighted by Crippen LogP contribution is -2.43. The molecular weight excluding hydrogens is 936 g/mol. The Balaban J connectivity index is 0.859. The molecule has 1 fully saturated rings.